The largest absolute Gasteiger partial charge is 0.507 e. The van der Waals surface area contributed by atoms with Crippen LogP contribution in [0.5, 0.6) is 5.75 Å². The monoisotopic (exact) mass is 270 g/mol. The zero-order valence-corrected chi connectivity index (χ0v) is 10.7. The SMILES string of the molecule is NC(=O)Cc1ccc(NC(=O)c2ccccc2O)cc1. The fraction of sp³-hybridized carbons (Fsp3) is 0.0667. The lowest BCUT2D eigenvalue weighted by atomic mass is 10.1. The van der Waals surface area contributed by atoms with Crippen molar-refractivity contribution in [3.05, 3.63) is 59.7 Å². The van der Waals surface area contributed by atoms with E-state index in [2.05, 4.69) is 5.32 Å². The molecule has 5 nitrogen and oxygen atoms in total. The van der Waals surface area contributed by atoms with E-state index in [0.29, 0.717) is 5.69 Å². The first-order valence-corrected chi connectivity index (χ1v) is 6.03. The number of phenolic OH excluding ortho intramolecular Hbond substituents is 1. The summed E-state index contributed by atoms with van der Waals surface area (Å²) >= 11 is 0. The molecule has 102 valence electrons. The van der Waals surface area contributed by atoms with Crippen molar-refractivity contribution in [2.45, 2.75) is 6.42 Å². The molecule has 2 rings (SSSR count). The van der Waals surface area contributed by atoms with E-state index in [0.717, 1.165) is 5.56 Å². The molecule has 0 bridgehead atoms. The molecule has 2 aromatic carbocycles. The maximum absolute atomic E-state index is 12.0. The van der Waals surface area contributed by atoms with Crippen molar-refractivity contribution in [1.29, 1.82) is 0 Å². The molecular formula is C15H14N2O3. The number of para-hydroxylation sites is 1. The van der Waals surface area contributed by atoms with Gasteiger partial charge in [-0.15, -0.1) is 0 Å². The van der Waals surface area contributed by atoms with E-state index in [1.807, 2.05) is 0 Å². The van der Waals surface area contributed by atoms with Crippen LogP contribution in [0.15, 0.2) is 48.5 Å². The van der Waals surface area contributed by atoms with E-state index >= 15 is 0 Å². The lowest BCUT2D eigenvalue weighted by molar-refractivity contribution is -0.117. The first-order chi connectivity index (χ1) is 9.56. The Morgan fingerprint density at radius 3 is 2.30 bits per heavy atom. The Hall–Kier alpha value is -2.82. The van der Waals surface area contributed by atoms with Crippen LogP contribution in [0.4, 0.5) is 5.69 Å². The number of nitrogens with one attached hydrogen (secondary N) is 1. The highest BCUT2D eigenvalue weighted by molar-refractivity contribution is 6.06. The van der Waals surface area contributed by atoms with Crippen LogP contribution in [0.3, 0.4) is 0 Å². The molecule has 0 heterocycles. The Kier molecular flexibility index (Phi) is 4.00. The fourth-order valence-electron chi connectivity index (χ4n) is 1.77. The van der Waals surface area contributed by atoms with Gasteiger partial charge in [0, 0.05) is 5.69 Å². The van der Waals surface area contributed by atoms with Crippen LogP contribution in [0.1, 0.15) is 15.9 Å². The Morgan fingerprint density at radius 1 is 1.05 bits per heavy atom. The highest BCUT2D eigenvalue weighted by atomic mass is 16.3. The lowest BCUT2D eigenvalue weighted by Gasteiger charge is -2.07. The first kappa shape index (κ1) is 13.6. The number of rotatable bonds is 4. The molecule has 0 radical (unpaired) electrons. The number of anilines is 1. The third-order valence-electron chi connectivity index (χ3n) is 2.74. The van der Waals surface area contributed by atoms with Crippen LogP contribution in [0, 0.1) is 0 Å². The maximum atomic E-state index is 12.0. The predicted molar refractivity (Wildman–Crippen MR) is 75.4 cm³/mol. The van der Waals surface area contributed by atoms with Crippen molar-refractivity contribution in [1.82, 2.24) is 0 Å². The maximum Gasteiger partial charge on any atom is 0.259 e. The molecule has 20 heavy (non-hydrogen) atoms. The number of aromatic hydroxyl groups is 1. The van der Waals surface area contributed by atoms with E-state index in [9.17, 15) is 14.7 Å². The molecule has 0 saturated carbocycles. The Balaban J connectivity index is 2.09. The van der Waals surface area contributed by atoms with E-state index in [4.69, 9.17) is 5.73 Å². The molecule has 0 spiro atoms. The molecular weight excluding hydrogens is 256 g/mol. The van der Waals surface area contributed by atoms with E-state index in [-0.39, 0.29) is 17.7 Å². The van der Waals surface area contributed by atoms with Crippen LogP contribution in [-0.4, -0.2) is 16.9 Å². The van der Waals surface area contributed by atoms with Gasteiger partial charge in [0.1, 0.15) is 5.75 Å². The summed E-state index contributed by atoms with van der Waals surface area (Å²) in [5, 5.41) is 12.3. The Morgan fingerprint density at radius 2 is 1.70 bits per heavy atom. The van der Waals surface area contributed by atoms with Gasteiger partial charge in [-0.3, -0.25) is 9.59 Å². The summed E-state index contributed by atoms with van der Waals surface area (Å²) < 4.78 is 0. The number of carbonyl (C=O) groups is 2. The number of amides is 2. The minimum Gasteiger partial charge on any atom is -0.507 e. The number of nitrogens with two attached hydrogens (primary N) is 1. The van der Waals surface area contributed by atoms with Gasteiger partial charge in [-0.2, -0.15) is 0 Å². The number of carbonyl (C=O) groups excluding carboxylic acids is 2. The van der Waals surface area contributed by atoms with E-state index < -0.39 is 11.8 Å². The van der Waals surface area contributed by atoms with Crippen molar-refractivity contribution < 1.29 is 14.7 Å². The first-order valence-electron chi connectivity index (χ1n) is 6.03. The van der Waals surface area contributed by atoms with E-state index in [1.54, 1.807) is 36.4 Å². The average molecular weight is 270 g/mol. The number of phenols is 1. The number of hydrogen-bond acceptors (Lipinski definition) is 3. The highest BCUT2D eigenvalue weighted by Crippen LogP contribution is 2.18. The van der Waals surface area contributed by atoms with Crippen LogP contribution >= 0.6 is 0 Å². The number of primary amides is 1. The second-order valence-corrected chi connectivity index (χ2v) is 4.31. The van der Waals surface area contributed by atoms with Gasteiger partial charge >= 0.3 is 0 Å². The van der Waals surface area contributed by atoms with E-state index in [1.165, 1.54) is 12.1 Å². The van der Waals surface area contributed by atoms with Crippen molar-refractivity contribution >= 4 is 17.5 Å². The third kappa shape index (κ3) is 3.35. The number of hydrogen-bond donors (Lipinski definition) is 3. The molecule has 2 aromatic rings. The zero-order chi connectivity index (χ0) is 14.5. The van der Waals surface area contributed by atoms with Gasteiger partial charge in [0.2, 0.25) is 5.91 Å². The van der Waals surface area contributed by atoms with Crippen LogP contribution in [-0.2, 0) is 11.2 Å². The second-order valence-electron chi connectivity index (χ2n) is 4.31. The molecule has 0 saturated heterocycles. The lowest BCUT2D eigenvalue weighted by Crippen LogP contribution is -2.14. The third-order valence-corrected chi connectivity index (χ3v) is 2.74. The predicted octanol–water partition coefficient (Wildman–Crippen LogP) is 1.67. The van der Waals surface area contributed by atoms with Gasteiger partial charge in [0.25, 0.3) is 5.91 Å². The van der Waals surface area contributed by atoms with Crippen LogP contribution < -0.4 is 11.1 Å². The minimum atomic E-state index is -0.406. The summed E-state index contributed by atoms with van der Waals surface area (Å²) in [5.74, 6) is -0.878. The summed E-state index contributed by atoms with van der Waals surface area (Å²) in [6.07, 6.45) is 0.160. The molecule has 0 aliphatic heterocycles. The van der Waals surface area contributed by atoms with Crippen LogP contribution in [0.2, 0.25) is 0 Å². The summed E-state index contributed by atoms with van der Waals surface area (Å²) in [7, 11) is 0. The van der Waals surface area contributed by atoms with Crippen molar-refractivity contribution in [3.63, 3.8) is 0 Å². The van der Waals surface area contributed by atoms with Gasteiger partial charge < -0.3 is 16.2 Å². The second kappa shape index (κ2) is 5.88. The molecule has 5 heteroatoms. The van der Waals surface area contributed by atoms with Crippen molar-refractivity contribution in [3.8, 4) is 5.75 Å². The zero-order valence-electron chi connectivity index (χ0n) is 10.7. The van der Waals surface area contributed by atoms with Gasteiger partial charge in [-0.05, 0) is 29.8 Å². The molecule has 0 fully saturated rings. The molecule has 0 aliphatic rings. The highest BCUT2D eigenvalue weighted by Gasteiger charge is 2.10. The molecule has 0 unspecified atom stereocenters. The van der Waals surface area contributed by atoms with Crippen LogP contribution in [0.25, 0.3) is 0 Å². The summed E-state index contributed by atoms with van der Waals surface area (Å²) in [4.78, 5) is 22.7. The van der Waals surface area contributed by atoms with Gasteiger partial charge in [-0.1, -0.05) is 24.3 Å². The van der Waals surface area contributed by atoms with Gasteiger partial charge in [0.15, 0.2) is 0 Å². The Bertz CT molecular complexity index is 636. The average Bonchev–Trinajstić information content (AvgIpc) is 2.41. The Labute approximate surface area is 116 Å². The minimum absolute atomic E-state index is 0.0738. The summed E-state index contributed by atoms with van der Waals surface area (Å²) in [5.41, 5.74) is 6.65. The summed E-state index contributed by atoms with van der Waals surface area (Å²) in [6, 6.07) is 13.1. The normalized spacial score (nSPS) is 10.0. The number of benzene rings is 2. The van der Waals surface area contributed by atoms with Crippen molar-refractivity contribution in [2.24, 2.45) is 5.73 Å². The topological polar surface area (TPSA) is 92.4 Å². The fourth-order valence-corrected chi connectivity index (χ4v) is 1.77. The molecule has 4 N–H and O–H groups in total. The molecule has 0 aliphatic carbocycles. The molecule has 0 atom stereocenters. The standard InChI is InChI=1S/C15H14N2O3/c16-14(19)9-10-5-7-11(8-6-10)17-15(20)12-3-1-2-4-13(12)18/h1-8,18H,9H2,(H2,16,19)(H,17,20). The molecule has 2 amide bonds. The van der Waals surface area contributed by atoms with Crippen molar-refractivity contribution in [2.75, 3.05) is 5.32 Å². The van der Waals surface area contributed by atoms with Gasteiger partial charge in [0.05, 0.1) is 12.0 Å². The molecule has 0 aromatic heterocycles. The summed E-state index contributed by atoms with van der Waals surface area (Å²) in [6.45, 7) is 0. The van der Waals surface area contributed by atoms with Gasteiger partial charge in [-0.25, -0.2) is 0 Å². The smallest absolute Gasteiger partial charge is 0.259 e. The quantitative estimate of drug-likeness (QED) is 0.789.